The van der Waals surface area contributed by atoms with E-state index in [2.05, 4.69) is 22.6 Å². The SMILES string of the molecule is Cc1ncc2c(=O)n(-c3ccccc3S)ccc2n1. The van der Waals surface area contributed by atoms with Crippen molar-refractivity contribution in [2.45, 2.75) is 11.8 Å². The Morgan fingerprint density at radius 1 is 1.21 bits per heavy atom. The van der Waals surface area contributed by atoms with Crippen molar-refractivity contribution in [3.05, 3.63) is 58.9 Å². The van der Waals surface area contributed by atoms with Gasteiger partial charge in [-0.3, -0.25) is 9.36 Å². The van der Waals surface area contributed by atoms with Crippen LogP contribution in [0.1, 0.15) is 5.82 Å². The van der Waals surface area contributed by atoms with Crippen molar-refractivity contribution in [3.8, 4) is 5.69 Å². The summed E-state index contributed by atoms with van der Waals surface area (Å²) in [7, 11) is 0. The highest BCUT2D eigenvalue weighted by Gasteiger charge is 2.07. The zero-order valence-electron chi connectivity index (χ0n) is 10.2. The summed E-state index contributed by atoms with van der Waals surface area (Å²) in [4.78, 5) is 21.5. The number of fused-ring (bicyclic) bond motifs is 1. The molecule has 1 aromatic carbocycles. The van der Waals surface area contributed by atoms with Crippen LogP contribution in [0.2, 0.25) is 0 Å². The molecule has 0 saturated carbocycles. The highest BCUT2D eigenvalue weighted by atomic mass is 32.1. The lowest BCUT2D eigenvalue weighted by Crippen LogP contribution is -2.18. The average Bonchev–Trinajstić information content (AvgIpc) is 2.40. The van der Waals surface area contributed by atoms with Gasteiger partial charge in [0.1, 0.15) is 5.82 Å². The zero-order chi connectivity index (χ0) is 13.4. The molecule has 2 aromatic heterocycles. The van der Waals surface area contributed by atoms with Crippen molar-refractivity contribution in [3.63, 3.8) is 0 Å². The molecule has 2 heterocycles. The van der Waals surface area contributed by atoms with Crippen LogP contribution in [0.5, 0.6) is 0 Å². The molecule has 5 heteroatoms. The van der Waals surface area contributed by atoms with Gasteiger partial charge in [0.2, 0.25) is 0 Å². The summed E-state index contributed by atoms with van der Waals surface area (Å²) >= 11 is 4.38. The molecular formula is C14H11N3OS. The fourth-order valence-electron chi connectivity index (χ4n) is 1.98. The molecule has 0 spiro atoms. The predicted octanol–water partition coefficient (Wildman–Crippen LogP) is 2.38. The predicted molar refractivity (Wildman–Crippen MR) is 77.1 cm³/mol. The van der Waals surface area contributed by atoms with Crippen molar-refractivity contribution in [1.82, 2.24) is 14.5 Å². The van der Waals surface area contributed by atoms with Crippen LogP contribution in [0.3, 0.4) is 0 Å². The zero-order valence-corrected chi connectivity index (χ0v) is 11.1. The third-order valence-corrected chi connectivity index (χ3v) is 3.29. The van der Waals surface area contributed by atoms with Gasteiger partial charge in [-0.05, 0) is 25.1 Å². The second-order valence-corrected chi connectivity index (χ2v) is 4.68. The van der Waals surface area contributed by atoms with E-state index in [-0.39, 0.29) is 5.56 Å². The molecule has 3 rings (SSSR count). The number of nitrogens with zero attached hydrogens (tertiary/aromatic N) is 3. The minimum atomic E-state index is -0.140. The number of hydrogen-bond acceptors (Lipinski definition) is 4. The van der Waals surface area contributed by atoms with Gasteiger partial charge in [0.15, 0.2) is 0 Å². The van der Waals surface area contributed by atoms with Crippen LogP contribution >= 0.6 is 12.6 Å². The van der Waals surface area contributed by atoms with Crippen LogP contribution in [-0.4, -0.2) is 14.5 Å². The topological polar surface area (TPSA) is 47.8 Å². The summed E-state index contributed by atoms with van der Waals surface area (Å²) in [6, 6.07) is 9.26. The van der Waals surface area contributed by atoms with Gasteiger partial charge in [0, 0.05) is 17.3 Å². The molecule has 19 heavy (non-hydrogen) atoms. The molecule has 0 aliphatic heterocycles. The molecule has 4 nitrogen and oxygen atoms in total. The standard InChI is InChI=1S/C14H11N3OS/c1-9-15-8-10-11(16-9)6-7-17(14(10)18)12-4-2-3-5-13(12)19/h2-8,19H,1H3. The largest absolute Gasteiger partial charge is 0.282 e. The average molecular weight is 269 g/mol. The first-order chi connectivity index (χ1) is 9.16. The number of rotatable bonds is 1. The van der Waals surface area contributed by atoms with E-state index >= 15 is 0 Å². The van der Waals surface area contributed by atoms with Gasteiger partial charge in [-0.15, -0.1) is 12.6 Å². The van der Waals surface area contributed by atoms with Gasteiger partial charge in [-0.2, -0.15) is 0 Å². The first-order valence-electron chi connectivity index (χ1n) is 5.80. The molecule has 0 aliphatic rings. The molecule has 0 radical (unpaired) electrons. The number of aromatic nitrogens is 3. The lowest BCUT2D eigenvalue weighted by atomic mass is 10.2. The second-order valence-electron chi connectivity index (χ2n) is 4.20. The number of pyridine rings is 1. The maximum absolute atomic E-state index is 12.4. The first-order valence-corrected chi connectivity index (χ1v) is 6.25. The minimum absolute atomic E-state index is 0.140. The number of hydrogen-bond donors (Lipinski definition) is 1. The van der Waals surface area contributed by atoms with E-state index in [1.807, 2.05) is 30.3 Å². The normalized spacial score (nSPS) is 10.8. The van der Waals surface area contributed by atoms with Crippen LogP contribution in [-0.2, 0) is 0 Å². The van der Waals surface area contributed by atoms with E-state index in [4.69, 9.17) is 0 Å². The molecule has 0 atom stereocenters. The molecule has 3 aromatic rings. The maximum Gasteiger partial charge on any atom is 0.266 e. The van der Waals surface area contributed by atoms with E-state index in [1.165, 1.54) is 0 Å². The summed E-state index contributed by atoms with van der Waals surface area (Å²) in [6.45, 7) is 1.80. The Morgan fingerprint density at radius 3 is 2.79 bits per heavy atom. The Hall–Kier alpha value is -2.14. The van der Waals surface area contributed by atoms with E-state index in [0.29, 0.717) is 16.7 Å². The lowest BCUT2D eigenvalue weighted by molar-refractivity contribution is 0.970. The molecule has 0 unspecified atom stereocenters. The van der Waals surface area contributed by atoms with Gasteiger partial charge in [0.05, 0.1) is 16.6 Å². The number of para-hydroxylation sites is 1. The monoisotopic (exact) mass is 269 g/mol. The Balaban J connectivity index is 2.33. The quantitative estimate of drug-likeness (QED) is 0.690. The van der Waals surface area contributed by atoms with Crippen molar-refractivity contribution in [1.29, 1.82) is 0 Å². The Bertz CT molecular complexity index is 826. The van der Waals surface area contributed by atoms with Gasteiger partial charge in [-0.25, -0.2) is 9.97 Å². The van der Waals surface area contributed by atoms with Crippen LogP contribution in [0.15, 0.2) is 52.4 Å². The van der Waals surface area contributed by atoms with E-state index in [1.54, 1.807) is 23.9 Å². The van der Waals surface area contributed by atoms with Crippen LogP contribution < -0.4 is 5.56 Å². The van der Waals surface area contributed by atoms with E-state index < -0.39 is 0 Å². The molecule has 0 bridgehead atoms. The van der Waals surface area contributed by atoms with Gasteiger partial charge in [-0.1, -0.05) is 12.1 Å². The number of benzene rings is 1. The molecule has 94 valence electrons. The van der Waals surface area contributed by atoms with Crippen molar-refractivity contribution in [2.24, 2.45) is 0 Å². The van der Waals surface area contributed by atoms with Crippen LogP contribution in [0, 0.1) is 6.92 Å². The molecular weight excluding hydrogens is 258 g/mol. The Morgan fingerprint density at radius 2 is 2.00 bits per heavy atom. The fraction of sp³-hybridized carbons (Fsp3) is 0.0714. The van der Waals surface area contributed by atoms with Crippen LogP contribution in [0.25, 0.3) is 16.6 Å². The van der Waals surface area contributed by atoms with Gasteiger partial charge < -0.3 is 0 Å². The molecule has 0 N–H and O–H groups in total. The summed E-state index contributed by atoms with van der Waals surface area (Å²) < 4.78 is 1.56. The molecule has 0 aliphatic carbocycles. The summed E-state index contributed by atoms with van der Waals surface area (Å²) in [5.41, 5.74) is 1.27. The third kappa shape index (κ3) is 2.02. The highest BCUT2D eigenvalue weighted by Crippen LogP contribution is 2.17. The summed E-state index contributed by atoms with van der Waals surface area (Å²) in [5.74, 6) is 0.652. The molecule has 0 saturated heterocycles. The van der Waals surface area contributed by atoms with E-state index in [0.717, 1.165) is 10.6 Å². The fourth-order valence-corrected chi connectivity index (χ4v) is 2.25. The minimum Gasteiger partial charge on any atom is -0.282 e. The van der Waals surface area contributed by atoms with E-state index in [9.17, 15) is 4.79 Å². The number of aryl methyl sites for hydroxylation is 1. The van der Waals surface area contributed by atoms with Gasteiger partial charge in [0.25, 0.3) is 5.56 Å². The smallest absolute Gasteiger partial charge is 0.266 e. The second kappa shape index (κ2) is 4.51. The third-order valence-electron chi connectivity index (χ3n) is 2.91. The highest BCUT2D eigenvalue weighted by molar-refractivity contribution is 7.80. The first kappa shape index (κ1) is 11.9. The van der Waals surface area contributed by atoms with Crippen LogP contribution in [0.4, 0.5) is 0 Å². The summed E-state index contributed by atoms with van der Waals surface area (Å²) in [6.07, 6.45) is 3.28. The summed E-state index contributed by atoms with van der Waals surface area (Å²) in [5, 5.41) is 0.504. The Labute approximate surface area is 115 Å². The van der Waals surface area contributed by atoms with Crippen molar-refractivity contribution < 1.29 is 0 Å². The molecule has 0 amide bonds. The maximum atomic E-state index is 12.4. The van der Waals surface area contributed by atoms with Crippen molar-refractivity contribution in [2.75, 3.05) is 0 Å². The molecule has 0 fully saturated rings. The van der Waals surface area contributed by atoms with Gasteiger partial charge >= 0.3 is 0 Å². The number of thiol groups is 1. The van der Waals surface area contributed by atoms with Crippen molar-refractivity contribution >= 4 is 23.5 Å². The Kier molecular flexibility index (Phi) is 2.83. The lowest BCUT2D eigenvalue weighted by Gasteiger charge is -2.09.